The number of nitrogens with one attached hydrogen (secondary N) is 1. The summed E-state index contributed by atoms with van der Waals surface area (Å²) in [5.41, 5.74) is 0. The van der Waals surface area contributed by atoms with E-state index in [0.717, 1.165) is 13.0 Å². The predicted octanol–water partition coefficient (Wildman–Crippen LogP) is -0.0658. The van der Waals surface area contributed by atoms with Crippen molar-refractivity contribution in [3.63, 3.8) is 0 Å². The molecule has 0 spiro atoms. The first-order valence-electron chi connectivity index (χ1n) is 2.72. The molecule has 0 aromatic carbocycles. The topological polar surface area (TPSA) is 32.3 Å². The largest absolute Gasteiger partial charge is 0.378 e. The predicted molar refractivity (Wildman–Crippen MR) is 27.8 cm³/mol. The van der Waals surface area contributed by atoms with Crippen LogP contribution in [0.1, 0.15) is 13.3 Å². The highest BCUT2D eigenvalue weighted by Gasteiger charge is 2.18. The third-order valence-corrected chi connectivity index (χ3v) is 1.49. The molecule has 0 aromatic heterocycles. The summed E-state index contributed by atoms with van der Waals surface area (Å²) >= 11 is 0. The Bertz CT molecular complexity index is 57.1. The Morgan fingerprint density at radius 3 is 2.57 bits per heavy atom. The Labute approximate surface area is 43.5 Å². The molecule has 1 aliphatic heterocycles. The minimum atomic E-state index is -0.236. The van der Waals surface area contributed by atoms with Crippen LogP contribution in [0, 0.1) is 5.92 Å². The molecule has 2 heteroatoms. The molecule has 2 nitrogen and oxygen atoms in total. The van der Waals surface area contributed by atoms with Gasteiger partial charge < -0.3 is 5.11 Å². The lowest BCUT2D eigenvalue weighted by Gasteiger charge is -2.04. The quantitative estimate of drug-likeness (QED) is 0.448. The van der Waals surface area contributed by atoms with Crippen molar-refractivity contribution in [3.8, 4) is 0 Å². The minimum Gasteiger partial charge on any atom is -0.378 e. The van der Waals surface area contributed by atoms with E-state index < -0.39 is 0 Å². The fourth-order valence-electron chi connectivity index (χ4n) is 0.818. The van der Waals surface area contributed by atoms with Gasteiger partial charge in [-0.15, -0.1) is 0 Å². The SMILES string of the molecule is CC1CCNC1O. The summed E-state index contributed by atoms with van der Waals surface area (Å²) in [6, 6.07) is 0. The monoisotopic (exact) mass is 101 g/mol. The van der Waals surface area contributed by atoms with Gasteiger partial charge in [0.1, 0.15) is 6.23 Å². The van der Waals surface area contributed by atoms with Crippen molar-refractivity contribution >= 4 is 0 Å². The zero-order valence-corrected chi connectivity index (χ0v) is 4.52. The second-order valence-corrected chi connectivity index (χ2v) is 2.16. The summed E-state index contributed by atoms with van der Waals surface area (Å²) in [6.07, 6.45) is 0.876. The van der Waals surface area contributed by atoms with E-state index in [9.17, 15) is 0 Å². The van der Waals surface area contributed by atoms with Crippen molar-refractivity contribution < 1.29 is 5.11 Å². The van der Waals surface area contributed by atoms with Gasteiger partial charge in [0.05, 0.1) is 0 Å². The van der Waals surface area contributed by atoms with Crippen molar-refractivity contribution in [2.75, 3.05) is 6.54 Å². The number of aliphatic hydroxyl groups excluding tert-OH is 1. The molecular weight excluding hydrogens is 90.1 g/mol. The summed E-state index contributed by atoms with van der Waals surface area (Å²) in [4.78, 5) is 0. The second kappa shape index (κ2) is 1.80. The van der Waals surface area contributed by atoms with Crippen LogP contribution in [0.5, 0.6) is 0 Å². The lowest BCUT2D eigenvalue weighted by Crippen LogP contribution is -2.24. The van der Waals surface area contributed by atoms with Gasteiger partial charge in [0.2, 0.25) is 0 Å². The summed E-state index contributed by atoms with van der Waals surface area (Å²) in [7, 11) is 0. The van der Waals surface area contributed by atoms with Crippen LogP contribution in [0.25, 0.3) is 0 Å². The Hall–Kier alpha value is -0.0800. The summed E-state index contributed by atoms with van der Waals surface area (Å²) in [5.74, 6) is 0.458. The molecule has 2 N–H and O–H groups in total. The molecule has 1 rings (SSSR count). The summed E-state index contributed by atoms with van der Waals surface area (Å²) < 4.78 is 0. The highest BCUT2D eigenvalue weighted by atomic mass is 16.3. The van der Waals surface area contributed by atoms with Crippen molar-refractivity contribution in [1.82, 2.24) is 5.32 Å². The molecule has 0 saturated carbocycles. The normalized spacial score (nSPS) is 42.0. The maximum atomic E-state index is 8.89. The van der Waals surface area contributed by atoms with Crippen LogP contribution in [-0.2, 0) is 0 Å². The van der Waals surface area contributed by atoms with Crippen LogP contribution < -0.4 is 5.32 Å². The highest BCUT2D eigenvalue weighted by molar-refractivity contribution is 4.70. The maximum Gasteiger partial charge on any atom is 0.107 e. The minimum absolute atomic E-state index is 0.236. The Balaban J connectivity index is 2.33. The van der Waals surface area contributed by atoms with E-state index in [2.05, 4.69) is 5.32 Å². The zero-order valence-electron chi connectivity index (χ0n) is 4.52. The van der Waals surface area contributed by atoms with Gasteiger partial charge in [-0.3, -0.25) is 5.32 Å². The van der Waals surface area contributed by atoms with Crippen molar-refractivity contribution in [3.05, 3.63) is 0 Å². The average Bonchev–Trinajstić information content (AvgIpc) is 1.91. The number of rotatable bonds is 0. The Morgan fingerprint density at radius 1 is 1.71 bits per heavy atom. The molecular formula is C5H11NO. The van der Waals surface area contributed by atoms with Gasteiger partial charge in [0.25, 0.3) is 0 Å². The second-order valence-electron chi connectivity index (χ2n) is 2.16. The lowest BCUT2D eigenvalue weighted by molar-refractivity contribution is 0.121. The van der Waals surface area contributed by atoms with E-state index in [1.54, 1.807) is 0 Å². The molecule has 1 heterocycles. The van der Waals surface area contributed by atoms with Crippen LogP contribution in [0.4, 0.5) is 0 Å². The van der Waals surface area contributed by atoms with Crippen LogP contribution in [0.15, 0.2) is 0 Å². The van der Waals surface area contributed by atoms with Gasteiger partial charge in [-0.05, 0) is 18.9 Å². The number of aliphatic hydroxyl groups is 1. The molecule has 2 atom stereocenters. The standard InChI is InChI=1S/C5H11NO/c1-4-2-3-6-5(4)7/h4-7H,2-3H2,1H3. The van der Waals surface area contributed by atoms with Gasteiger partial charge >= 0.3 is 0 Å². The van der Waals surface area contributed by atoms with E-state index in [1.807, 2.05) is 6.92 Å². The third kappa shape index (κ3) is 0.924. The smallest absolute Gasteiger partial charge is 0.107 e. The summed E-state index contributed by atoms with van der Waals surface area (Å²) in [5, 5.41) is 11.8. The van der Waals surface area contributed by atoms with Crippen LogP contribution in [-0.4, -0.2) is 17.9 Å². The molecule has 0 amide bonds. The lowest BCUT2D eigenvalue weighted by atomic mass is 10.1. The first-order chi connectivity index (χ1) is 3.30. The molecule has 1 fully saturated rings. The van der Waals surface area contributed by atoms with Crippen molar-refractivity contribution in [1.29, 1.82) is 0 Å². The Morgan fingerprint density at radius 2 is 2.43 bits per heavy atom. The van der Waals surface area contributed by atoms with Gasteiger partial charge in [-0.25, -0.2) is 0 Å². The first-order valence-corrected chi connectivity index (χ1v) is 2.72. The van der Waals surface area contributed by atoms with E-state index >= 15 is 0 Å². The molecule has 0 aromatic rings. The molecule has 1 aliphatic rings. The van der Waals surface area contributed by atoms with E-state index in [4.69, 9.17) is 5.11 Å². The molecule has 0 bridgehead atoms. The molecule has 0 aliphatic carbocycles. The van der Waals surface area contributed by atoms with Crippen LogP contribution in [0.3, 0.4) is 0 Å². The van der Waals surface area contributed by atoms with E-state index in [-0.39, 0.29) is 6.23 Å². The van der Waals surface area contributed by atoms with Crippen LogP contribution >= 0.6 is 0 Å². The highest BCUT2D eigenvalue weighted by Crippen LogP contribution is 2.10. The van der Waals surface area contributed by atoms with Gasteiger partial charge in [0.15, 0.2) is 0 Å². The third-order valence-electron chi connectivity index (χ3n) is 1.49. The van der Waals surface area contributed by atoms with Gasteiger partial charge in [-0.1, -0.05) is 6.92 Å². The van der Waals surface area contributed by atoms with Crippen LogP contribution in [0.2, 0.25) is 0 Å². The van der Waals surface area contributed by atoms with E-state index in [0.29, 0.717) is 5.92 Å². The Kier molecular flexibility index (Phi) is 1.30. The van der Waals surface area contributed by atoms with Crippen molar-refractivity contribution in [2.45, 2.75) is 19.6 Å². The molecule has 0 radical (unpaired) electrons. The summed E-state index contributed by atoms with van der Waals surface area (Å²) in [6.45, 7) is 3.02. The molecule has 1 saturated heterocycles. The van der Waals surface area contributed by atoms with Crippen molar-refractivity contribution in [2.24, 2.45) is 5.92 Å². The molecule has 2 unspecified atom stereocenters. The number of hydrogen-bond acceptors (Lipinski definition) is 2. The average molecular weight is 101 g/mol. The van der Waals surface area contributed by atoms with E-state index in [1.165, 1.54) is 0 Å². The fourth-order valence-corrected chi connectivity index (χ4v) is 0.818. The first kappa shape index (κ1) is 5.06. The maximum absolute atomic E-state index is 8.89. The molecule has 42 valence electrons. The fraction of sp³-hybridized carbons (Fsp3) is 1.00. The molecule has 7 heavy (non-hydrogen) atoms. The number of hydrogen-bond donors (Lipinski definition) is 2. The van der Waals surface area contributed by atoms with Gasteiger partial charge in [0, 0.05) is 0 Å². The zero-order chi connectivity index (χ0) is 5.28. The van der Waals surface area contributed by atoms with Gasteiger partial charge in [-0.2, -0.15) is 0 Å².